The number of nitrogens with one attached hydrogen (secondary N) is 1. The molecule has 0 aliphatic rings. The maximum absolute atomic E-state index is 5.96. The minimum Gasteiger partial charge on any atom is -0.336 e. The zero-order valence-electron chi connectivity index (χ0n) is 13.3. The van der Waals surface area contributed by atoms with Gasteiger partial charge in [0.1, 0.15) is 0 Å². The van der Waals surface area contributed by atoms with E-state index in [2.05, 4.69) is 26.9 Å². The largest absolute Gasteiger partial charge is 0.336 e. The topological polar surface area (TPSA) is 47.7 Å². The predicted molar refractivity (Wildman–Crippen MR) is 92.0 cm³/mol. The number of imidazole rings is 1. The highest BCUT2D eigenvalue weighted by Crippen LogP contribution is 2.19. The van der Waals surface area contributed by atoms with Gasteiger partial charge in [-0.25, -0.2) is 9.67 Å². The van der Waals surface area contributed by atoms with Crippen molar-refractivity contribution in [2.24, 2.45) is 0 Å². The normalized spacial score (nSPS) is 11.1. The van der Waals surface area contributed by atoms with E-state index in [1.165, 1.54) is 5.56 Å². The van der Waals surface area contributed by atoms with Gasteiger partial charge in [-0.05, 0) is 38.1 Å². The van der Waals surface area contributed by atoms with Crippen molar-refractivity contribution in [1.82, 2.24) is 24.6 Å². The van der Waals surface area contributed by atoms with E-state index < -0.39 is 0 Å². The average Bonchev–Trinajstić information content (AvgIpc) is 3.15. The molecule has 0 amide bonds. The van der Waals surface area contributed by atoms with Crippen LogP contribution in [0.2, 0.25) is 5.02 Å². The van der Waals surface area contributed by atoms with Gasteiger partial charge in [0.05, 0.1) is 17.7 Å². The van der Waals surface area contributed by atoms with E-state index in [1.54, 1.807) is 6.20 Å². The molecule has 0 unspecified atom stereocenters. The van der Waals surface area contributed by atoms with Crippen molar-refractivity contribution in [1.29, 1.82) is 0 Å². The molecule has 3 rings (SSSR count). The molecule has 120 valence electrons. The number of rotatable bonds is 6. The van der Waals surface area contributed by atoms with E-state index in [9.17, 15) is 0 Å². The van der Waals surface area contributed by atoms with Gasteiger partial charge in [-0.15, -0.1) is 0 Å². The van der Waals surface area contributed by atoms with Gasteiger partial charge < -0.3 is 9.88 Å². The maximum atomic E-state index is 5.96. The first kappa shape index (κ1) is 15.8. The van der Waals surface area contributed by atoms with Crippen LogP contribution in [0, 0.1) is 13.8 Å². The van der Waals surface area contributed by atoms with Gasteiger partial charge in [0, 0.05) is 48.3 Å². The summed E-state index contributed by atoms with van der Waals surface area (Å²) in [5, 5.41) is 8.86. The molecular weight excluding hydrogens is 310 g/mol. The third-order valence-corrected chi connectivity index (χ3v) is 4.17. The molecule has 0 atom stereocenters. The number of halogens is 1. The zero-order valence-corrected chi connectivity index (χ0v) is 14.1. The quantitative estimate of drug-likeness (QED) is 0.707. The van der Waals surface area contributed by atoms with Crippen LogP contribution in [0.3, 0.4) is 0 Å². The summed E-state index contributed by atoms with van der Waals surface area (Å²) < 4.78 is 4.03. The van der Waals surface area contributed by atoms with Gasteiger partial charge >= 0.3 is 0 Å². The molecule has 23 heavy (non-hydrogen) atoms. The molecule has 2 aromatic heterocycles. The Kier molecular flexibility index (Phi) is 4.79. The van der Waals surface area contributed by atoms with Crippen LogP contribution in [0.5, 0.6) is 0 Å². The first-order valence-electron chi connectivity index (χ1n) is 7.62. The fraction of sp³-hybridized carbons (Fsp3) is 0.294. The average molecular weight is 330 g/mol. The Balaban J connectivity index is 1.67. The molecule has 5 nitrogen and oxygen atoms in total. The standard InChI is InChI=1S/C17H20ClN5/c1-13-17(11-19-7-9-22-10-8-20-12-22)14(2)23(21-13)16-5-3-15(18)4-6-16/h3-6,8,10,12,19H,7,9,11H2,1-2H3. The minimum absolute atomic E-state index is 0.733. The monoisotopic (exact) mass is 329 g/mol. The summed E-state index contributed by atoms with van der Waals surface area (Å²) in [6.45, 7) is 6.75. The van der Waals surface area contributed by atoms with Crippen molar-refractivity contribution < 1.29 is 0 Å². The number of nitrogens with zero attached hydrogens (tertiary/aromatic N) is 4. The first-order valence-corrected chi connectivity index (χ1v) is 8.00. The van der Waals surface area contributed by atoms with Gasteiger partial charge in [-0.1, -0.05) is 11.6 Å². The number of hydrogen-bond acceptors (Lipinski definition) is 3. The molecule has 2 heterocycles. The van der Waals surface area contributed by atoms with Crippen LogP contribution in [0.4, 0.5) is 0 Å². The fourth-order valence-corrected chi connectivity index (χ4v) is 2.73. The molecule has 0 aliphatic carbocycles. The highest BCUT2D eigenvalue weighted by atomic mass is 35.5. The lowest BCUT2D eigenvalue weighted by Crippen LogP contribution is -2.19. The molecule has 0 bridgehead atoms. The number of aryl methyl sites for hydroxylation is 1. The van der Waals surface area contributed by atoms with Crippen molar-refractivity contribution in [2.75, 3.05) is 6.54 Å². The third-order valence-electron chi connectivity index (χ3n) is 3.92. The molecule has 1 aromatic carbocycles. The highest BCUT2D eigenvalue weighted by molar-refractivity contribution is 6.30. The Labute approximate surface area is 140 Å². The van der Waals surface area contributed by atoms with Crippen LogP contribution in [-0.4, -0.2) is 25.9 Å². The van der Waals surface area contributed by atoms with Crippen LogP contribution in [0.1, 0.15) is 17.0 Å². The molecule has 0 aliphatic heterocycles. The first-order chi connectivity index (χ1) is 11.1. The summed E-state index contributed by atoms with van der Waals surface area (Å²) >= 11 is 5.96. The maximum Gasteiger partial charge on any atom is 0.0946 e. The van der Waals surface area contributed by atoms with Gasteiger partial charge in [0.15, 0.2) is 0 Å². The Bertz CT molecular complexity index is 759. The summed E-state index contributed by atoms with van der Waals surface area (Å²) in [6, 6.07) is 7.74. The van der Waals surface area contributed by atoms with E-state index in [-0.39, 0.29) is 0 Å². The van der Waals surface area contributed by atoms with Crippen LogP contribution >= 0.6 is 11.6 Å². The lowest BCUT2D eigenvalue weighted by Gasteiger charge is -2.07. The molecule has 6 heteroatoms. The molecule has 0 saturated carbocycles. The van der Waals surface area contributed by atoms with Crippen LogP contribution in [0.25, 0.3) is 5.69 Å². The van der Waals surface area contributed by atoms with E-state index >= 15 is 0 Å². The molecule has 1 N–H and O–H groups in total. The van der Waals surface area contributed by atoms with Crippen molar-refractivity contribution in [3.63, 3.8) is 0 Å². The van der Waals surface area contributed by atoms with Crippen molar-refractivity contribution >= 4 is 11.6 Å². The minimum atomic E-state index is 0.733. The van der Waals surface area contributed by atoms with E-state index in [4.69, 9.17) is 11.6 Å². The number of aromatic nitrogens is 4. The van der Waals surface area contributed by atoms with E-state index in [0.717, 1.165) is 41.7 Å². The summed E-state index contributed by atoms with van der Waals surface area (Å²) in [5.41, 5.74) is 4.47. The summed E-state index contributed by atoms with van der Waals surface area (Å²) in [6.07, 6.45) is 5.60. The second-order valence-corrected chi connectivity index (χ2v) is 5.95. The smallest absolute Gasteiger partial charge is 0.0946 e. The second kappa shape index (κ2) is 6.98. The zero-order chi connectivity index (χ0) is 16.2. The van der Waals surface area contributed by atoms with Gasteiger partial charge in [0.2, 0.25) is 0 Å². The van der Waals surface area contributed by atoms with Crippen molar-refractivity contribution in [2.45, 2.75) is 26.9 Å². The predicted octanol–water partition coefficient (Wildman–Crippen LogP) is 3.13. The Hall–Kier alpha value is -2.11. The molecule has 0 fully saturated rings. The molecular formula is C17H20ClN5. The number of hydrogen-bond donors (Lipinski definition) is 1. The molecule has 3 aromatic rings. The summed E-state index contributed by atoms with van der Waals surface area (Å²) in [4.78, 5) is 4.04. The Morgan fingerprint density at radius 1 is 1.17 bits per heavy atom. The third kappa shape index (κ3) is 3.63. The van der Waals surface area contributed by atoms with Crippen LogP contribution < -0.4 is 5.32 Å². The summed E-state index contributed by atoms with van der Waals surface area (Å²) in [5.74, 6) is 0. The number of benzene rings is 1. The van der Waals surface area contributed by atoms with Crippen molar-refractivity contribution in [3.8, 4) is 5.69 Å². The Morgan fingerprint density at radius 2 is 1.96 bits per heavy atom. The van der Waals surface area contributed by atoms with E-state index in [0.29, 0.717) is 0 Å². The lowest BCUT2D eigenvalue weighted by atomic mass is 10.2. The lowest BCUT2D eigenvalue weighted by molar-refractivity contribution is 0.595. The van der Waals surface area contributed by atoms with Gasteiger partial charge in [-0.3, -0.25) is 0 Å². The summed E-state index contributed by atoms with van der Waals surface area (Å²) in [7, 11) is 0. The highest BCUT2D eigenvalue weighted by Gasteiger charge is 2.12. The van der Waals surface area contributed by atoms with Gasteiger partial charge in [0.25, 0.3) is 0 Å². The van der Waals surface area contributed by atoms with E-state index in [1.807, 2.05) is 48.4 Å². The van der Waals surface area contributed by atoms with Crippen LogP contribution in [-0.2, 0) is 13.1 Å². The fourth-order valence-electron chi connectivity index (χ4n) is 2.61. The van der Waals surface area contributed by atoms with Crippen LogP contribution in [0.15, 0.2) is 43.0 Å². The van der Waals surface area contributed by atoms with Crippen molar-refractivity contribution in [3.05, 3.63) is 65.0 Å². The SMILES string of the molecule is Cc1nn(-c2ccc(Cl)cc2)c(C)c1CNCCn1ccnc1. The second-order valence-electron chi connectivity index (χ2n) is 5.51. The molecule has 0 saturated heterocycles. The molecule has 0 spiro atoms. The molecule has 0 radical (unpaired) electrons. The van der Waals surface area contributed by atoms with Gasteiger partial charge in [-0.2, -0.15) is 5.10 Å². The Morgan fingerprint density at radius 3 is 2.65 bits per heavy atom.